The molecule has 25 heavy (non-hydrogen) atoms. The van der Waals surface area contributed by atoms with Gasteiger partial charge < -0.3 is 9.80 Å². The van der Waals surface area contributed by atoms with Crippen LogP contribution in [0.25, 0.3) is 0 Å². The van der Waals surface area contributed by atoms with E-state index in [4.69, 9.17) is 11.6 Å². The van der Waals surface area contributed by atoms with Gasteiger partial charge >= 0.3 is 0 Å². The van der Waals surface area contributed by atoms with Crippen molar-refractivity contribution in [1.29, 1.82) is 0 Å². The van der Waals surface area contributed by atoms with E-state index in [0.717, 1.165) is 38.9 Å². The molecule has 1 unspecified atom stereocenters. The Morgan fingerprint density at radius 2 is 1.92 bits per heavy atom. The summed E-state index contributed by atoms with van der Waals surface area (Å²) in [5, 5.41) is 0.624. The van der Waals surface area contributed by atoms with Crippen LogP contribution in [0.5, 0.6) is 0 Å². The van der Waals surface area contributed by atoms with E-state index in [1.807, 2.05) is 9.80 Å². The molecule has 2 fully saturated rings. The molecule has 1 saturated carbocycles. The maximum Gasteiger partial charge on any atom is 0.253 e. The summed E-state index contributed by atoms with van der Waals surface area (Å²) in [5.41, 5.74) is 0.640. The standard InChI is InChI=1S/C20H27ClN2O2/c1-2-11-22(13-15-5-6-15)20(25)17-4-3-12-23(14-17)19(24)16-7-9-18(21)10-8-16/h7-10,15,17H,2-6,11-14H2,1H3. The lowest BCUT2D eigenvalue weighted by Crippen LogP contribution is -2.47. The predicted molar refractivity (Wildman–Crippen MR) is 99.7 cm³/mol. The van der Waals surface area contributed by atoms with Crippen LogP contribution in [0, 0.1) is 11.8 Å². The largest absolute Gasteiger partial charge is 0.342 e. The van der Waals surface area contributed by atoms with Gasteiger partial charge in [0.15, 0.2) is 0 Å². The summed E-state index contributed by atoms with van der Waals surface area (Å²) in [7, 11) is 0. The van der Waals surface area contributed by atoms with E-state index in [-0.39, 0.29) is 17.7 Å². The third-order valence-electron chi connectivity index (χ3n) is 5.13. The maximum absolute atomic E-state index is 13.0. The molecule has 1 heterocycles. The Morgan fingerprint density at radius 3 is 2.56 bits per heavy atom. The molecule has 2 aliphatic rings. The van der Waals surface area contributed by atoms with Crippen molar-refractivity contribution >= 4 is 23.4 Å². The molecule has 1 aromatic rings. The van der Waals surface area contributed by atoms with Crippen molar-refractivity contribution in [2.24, 2.45) is 11.8 Å². The van der Waals surface area contributed by atoms with Crippen LogP contribution in [0.2, 0.25) is 5.02 Å². The van der Waals surface area contributed by atoms with Crippen LogP contribution in [-0.2, 0) is 4.79 Å². The number of amides is 2. The second-order valence-electron chi connectivity index (χ2n) is 7.32. The molecule has 3 rings (SSSR count). The highest BCUT2D eigenvalue weighted by atomic mass is 35.5. The molecule has 136 valence electrons. The minimum atomic E-state index is -0.0599. The van der Waals surface area contributed by atoms with E-state index in [0.29, 0.717) is 23.0 Å². The first kappa shape index (κ1) is 18.2. The number of hydrogen-bond donors (Lipinski definition) is 0. The molecule has 0 aromatic heterocycles. The number of carbonyl (C=O) groups excluding carboxylic acids is 2. The molecule has 2 amide bonds. The smallest absolute Gasteiger partial charge is 0.253 e. The molecular weight excluding hydrogens is 336 g/mol. The first-order chi connectivity index (χ1) is 12.1. The SMILES string of the molecule is CCCN(CC1CC1)C(=O)C1CCCN(C(=O)c2ccc(Cl)cc2)C1. The van der Waals surface area contributed by atoms with Crippen LogP contribution < -0.4 is 0 Å². The third-order valence-corrected chi connectivity index (χ3v) is 5.38. The molecule has 5 heteroatoms. The van der Waals surface area contributed by atoms with Crippen LogP contribution in [0.4, 0.5) is 0 Å². The molecule has 0 radical (unpaired) electrons. The highest BCUT2D eigenvalue weighted by Crippen LogP contribution is 2.31. The van der Waals surface area contributed by atoms with E-state index in [2.05, 4.69) is 6.92 Å². The third kappa shape index (κ3) is 4.75. The zero-order valence-corrected chi connectivity index (χ0v) is 15.7. The van der Waals surface area contributed by atoms with Crippen molar-refractivity contribution in [1.82, 2.24) is 9.80 Å². The molecule has 0 N–H and O–H groups in total. The second kappa shape index (κ2) is 8.22. The van der Waals surface area contributed by atoms with Gasteiger partial charge in [0.2, 0.25) is 5.91 Å². The first-order valence-electron chi connectivity index (χ1n) is 9.42. The van der Waals surface area contributed by atoms with Gasteiger partial charge in [-0.1, -0.05) is 18.5 Å². The fourth-order valence-corrected chi connectivity index (χ4v) is 3.70. The highest BCUT2D eigenvalue weighted by molar-refractivity contribution is 6.30. The minimum absolute atomic E-state index is 0.00148. The lowest BCUT2D eigenvalue weighted by molar-refractivity contribution is -0.137. The summed E-state index contributed by atoms with van der Waals surface area (Å²) in [6.45, 7) is 5.10. The molecule has 0 bridgehead atoms. The number of benzene rings is 1. The number of nitrogens with zero attached hydrogens (tertiary/aromatic N) is 2. The normalized spacial score (nSPS) is 20.4. The van der Waals surface area contributed by atoms with Gasteiger partial charge in [-0.3, -0.25) is 9.59 Å². The number of hydrogen-bond acceptors (Lipinski definition) is 2. The minimum Gasteiger partial charge on any atom is -0.342 e. The maximum atomic E-state index is 13.0. The van der Waals surface area contributed by atoms with Crippen molar-refractivity contribution in [3.05, 3.63) is 34.9 Å². The zero-order chi connectivity index (χ0) is 17.8. The van der Waals surface area contributed by atoms with Gasteiger partial charge in [-0.2, -0.15) is 0 Å². The number of carbonyl (C=O) groups is 2. The van der Waals surface area contributed by atoms with Gasteiger partial charge in [0.1, 0.15) is 0 Å². The van der Waals surface area contributed by atoms with E-state index in [9.17, 15) is 9.59 Å². The van der Waals surface area contributed by atoms with Crippen molar-refractivity contribution in [3.63, 3.8) is 0 Å². The van der Waals surface area contributed by atoms with E-state index >= 15 is 0 Å². The quantitative estimate of drug-likeness (QED) is 0.771. The lowest BCUT2D eigenvalue weighted by atomic mass is 9.95. The molecule has 1 aliphatic heterocycles. The second-order valence-corrected chi connectivity index (χ2v) is 7.76. The molecule has 1 atom stereocenters. The van der Waals surface area contributed by atoms with Crippen LogP contribution in [0.1, 0.15) is 49.4 Å². The summed E-state index contributed by atoms with van der Waals surface area (Å²) in [6, 6.07) is 6.99. The topological polar surface area (TPSA) is 40.6 Å². The van der Waals surface area contributed by atoms with Gasteiger partial charge in [-0.05, 0) is 62.3 Å². The Kier molecular flexibility index (Phi) is 6.00. The van der Waals surface area contributed by atoms with Gasteiger partial charge in [-0.25, -0.2) is 0 Å². The molecule has 4 nitrogen and oxygen atoms in total. The Hall–Kier alpha value is -1.55. The average molecular weight is 363 g/mol. The summed E-state index contributed by atoms with van der Waals surface area (Å²) < 4.78 is 0. The van der Waals surface area contributed by atoms with Crippen LogP contribution in [0.3, 0.4) is 0 Å². The van der Waals surface area contributed by atoms with Crippen molar-refractivity contribution in [2.45, 2.75) is 39.0 Å². The van der Waals surface area contributed by atoms with E-state index < -0.39 is 0 Å². The average Bonchev–Trinajstić information content (AvgIpc) is 3.45. The first-order valence-corrected chi connectivity index (χ1v) is 9.80. The highest BCUT2D eigenvalue weighted by Gasteiger charge is 2.33. The molecule has 1 aromatic carbocycles. The summed E-state index contributed by atoms with van der Waals surface area (Å²) in [4.78, 5) is 29.6. The van der Waals surface area contributed by atoms with Crippen LogP contribution in [0.15, 0.2) is 24.3 Å². The molecular formula is C20H27ClN2O2. The van der Waals surface area contributed by atoms with E-state index in [1.54, 1.807) is 24.3 Å². The summed E-state index contributed by atoms with van der Waals surface area (Å²) >= 11 is 5.90. The van der Waals surface area contributed by atoms with Gasteiger partial charge in [-0.15, -0.1) is 0 Å². The lowest BCUT2D eigenvalue weighted by Gasteiger charge is -2.35. The number of rotatable bonds is 6. The molecule has 0 spiro atoms. The van der Waals surface area contributed by atoms with Gasteiger partial charge in [0.05, 0.1) is 5.92 Å². The number of halogens is 1. The van der Waals surface area contributed by atoms with Crippen LogP contribution in [-0.4, -0.2) is 47.8 Å². The van der Waals surface area contributed by atoms with Crippen molar-refractivity contribution in [2.75, 3.05) is 26.2 Å². The van der Waals surface area contributed by atoms with E-state index in [1.165, 1.54) is 12.8 Å². The fraction of sp³-hybridized carbons (Fsp3) is 0.600. The molecule has 1 saturated heterocycles. The van der Waals surface area contributed by atoms with Crippen molar-refractivity contribution < 1.29 is 9.59 Å². The number of piperidine rings is 1. The predicted octanol–water partition coefficient (Wildman–Crippen LogP) is 3.84. The van der Waals surface area contributed by atoms with Crippen molar-refractivity contribution in [3.8, 4) is 0 Å². The Bertz CT molecular complexity index is 613. The number of likely N-dealkylation sites (tertiary alicyclic amines) is 1. The summed E-state index contributed by atoms with van der Waals surface area (Å²) in [5.74, 6) is 0.877. The Balaban J connectivity index is 1.63. The van der Waals surface area contributed by atoms with Crippen LogP contribution >= 0.6 is 11.6 Å². The monoisotopic (exact) mass is 362 g/mol. The Labute approximate surface area is 155 Å². The van der Waals surface area contributed by atoms with Gasteiger partial charge in [0.25, 0.3) is 5.91 Å². The Morgan fingerprint density at radius 1 is 1.20 bits per heavy atom. The summed E-state index contributed by atoms with van der Waals surface area (Å²) in [6.07, 6.45) is 5.25. The zero-order valence-electron chi connectivity index (χ0n) is 14.9. The molecule has 1 aliphatic carbocycles. The fourth-order valence-electron chi connectivity index (χ4n) is 3.57. The van der Waals surface area contributed by atoms with Gasteiger partial charge in [0, 0.05) is 36.8 Å².